The first-order valence-corrected chi connectivity index (χ1v) is 9.09. The molecule has 1 amide bonds. The number of fused-ring (bicyclic) bond motifs is 1. The number of rotatable bonds is 5. The van der Waals surface area contributed by atoms with Gasteiger partial charge in [0, 0.05) is 22.8 Å². The van der Waals surface area contributed by atoms with Crippen LogP contribution in [0.2, 0.25) is 0 Å². The van der Waals surface area contributed by atoms with Crippen LogP contribution in [0.5, 0.6) is 0 Å². The van der Waals surface area contributed by atoms with E-state index < -0.39 is 5.63 Å². The molecule has 1 aliphatic heterocycles. The number of amides is 1. The van der Waals surface area contributed by atoms with Crippen LogP contribution in [0.4, 0.5) is 17.1 Å². The molecule has 0 unspecified atom stereocenters. The van der Waals surface area contributed by atoms with Gasteiger partial charge in [0.05, 0.1) is 12.2 Å². The Morgan fingerprint density at radius 2 is 1.70 bits per heavy atom. The van der Waals surface area contributed by atoms with Crippen molar-refractivity contribution >= 4 is 33.9 Å². The van der Waals surface area contributed by atoms with Gasteiger partial charge in [-0.1, -0.05) is 12.1 Å². The normalized spacial score (nSPS) is 14.4. The minimum Gasteiger partial charge on any atom is -0.423 e. The number of para-hydroxylation sites is 1. The average molecular weight is 363 g/mol. The Labute approximate surface area is 156 Å². The Morgan fingerprint density at radius 3 is 2.48 bits per heavy atom. The van der Waals surface area contributed by atoms with Crippen molar-refractivity contribution in [2.45, 2.75) is 12.8 Å². The third-order valence-electron chi connectivity index (χ3n) is 4.66. The fourth-order valence-corrected chi connectivity index (χ4v) is 3.35. The molecule has 0 aliphatic carbocycles. The fourth-order valence-electron chi connectivity index (χ4n) is 3.35. The molecule has 27 heavy (non-hydrogen) atoms. The molecule has 0 radical (unpaired) electrons. The molecule has 2 aromatic carbocycles. The third kappa shape index (κ3) is 4.17. The predicted molar refractivity (Wildman–Crippen MR) is 107 cm³/mol. The van der Waals surface area contributed by atoms with Gasteiger partial charge >= 0.3 is 5.63 Å². The minimum atomic E-state index is -0.401. The standard InChI is InChI=1S/C21H21N3O3/c25-20(14-24-11-3-4-12-24)23-16-9-7-15(8-10-16)22-18-13-21(26)27-19-6-2-1-5-17(18)19/h1-2,5-10,13,22H,3-4,11-12,14H2,(H,23,25). The molecule has 138 valence electrons. The minimum absolute atomic E-state index is 0.00395. The number of hydrogen-bond donors (Lipinski definition) is 2. The second kappa shape index (κ2) is 7.63. The van der Waals surface area contributed by atoms with Crippen molar-refractivity contribution in [2.75, 3.05) is 30.3 Å². The van der Waals surface area contributed by atoms with E-state index >= 15 is 0 Å². The number of nitrogens with one attached hydrogen (secondary N) is 2. The molecule has 0 spiro atoms. The number of anilines is 3. The quantitative estimate of drug-likeness (QED) is 0.678. The van der Waals surface area contributed by atoms with Crippen LogP contribution in [-0.2, 0) is 4.79 Å². The molecule has 0 atom stereocenters. The van der Waals surface area contributed by atoms with E-state index in [4.69, 9.17) is 4.42 Å². The highest BCUT2D eigenvalue weighted by Crippen LogP contribution is 2.25. The van der Waals surface area contributed by atoms with E-state index in [1.807, 2.05) is 42.5 Å². The van der Waals surface area contributed by atoms with E-state index in [9.17, 15) is 9.59 Å². The zero-order valence-corrected chi connectivity index (χ0v) is 14.9. The highest BCUT2D eigenvalue weighted by molar-refractivity contribution is 5.93. The van der Waals surface area contributed by atoms with Gasteiger partial charge in [0.1, 0.15) is 5.58 Å². The summed E-state index contributed by atoms with van der Waals surface area (Å²) in [6, 6.07) is 16.3. The summed E-state index contributed by atoms with van der Waals surface area (Å²) in [5.41, 5.74) is 2.40. The summed E-state index contributed by atoms with van der Waals surface area (Å²) in [5, 5.41) is 7.00. The molecule has 3 aromatic rings. The summed E-state index contributed by atoms with van der Waals surface area (Å²) in [4.78, 5) is 26.0. The lowest BCUT2D eigenvalue weighted by Gasteiger charge is -2.14. The molecular formula is C21H21N3O3. The van der Waals surface area contributed by atoms with Crippen LogP contribution in [0.15, 0.2) is 63.8 Å². The van der Waals surface area contributed by atoms with Gasteiger partial charge in [0.25, 0.3) is 0 Å². The number of nitrogens with zero attached hydrogens (tertiary/aromatic N) is 1. The van der Waals surface area contributed by atoms with E-state index in [0.29, 0.717) is 17.8 Å². The molecule has 4 rings (SSSR count). The fraction of sp³-hybridized carbons (Fsp3) is 0.238. The molecule has 0 bridgehead atoms. The van der Waals surface area contributed by atoms with Gasteiger partial charge in [-0.05, 0) is 62.3 Å². The first kappa shape index (κ1) is 17.3. The maximum atomic E-state index is 12.1. The Morgan fingerprint density at radius 1 is 1.00 bits per heavy atom. The van der Waals surface area contributed by atoms with Gasteiger partial charge in [-0.15, -0.1) is 0 Å². The van der Waals surface area contributed by atoms with Gasteiger partial charge in [0.2, 0.25) is 5.91 Å². The van der Waals surface area contributed by atoms with Crippen molar-refractivity contribution in [1.82, 2.24) is 4.90 Å². The van der Waals surface area contributed by atoms with Crippen LogP contribution in [0.3, 0.4) is 0 Å². The Bertz CT molecular complexity index is 1010. The van der Waals surface area contributed by atoms with Crippen molar-refractivity contribution in [3.63, 3.8) is 0 Å². The molecule has 0 saturated carbocycles. The SMILES string of the molecule is O=C(CN1CCCC1)Nc1ccc(Nc2cc(=O)oc3ccccc23)cc1. The number of carbonyl (C=O) groups excluding carboxylic acids is 1. The zero-order valence-electron chi connectivity index (χ0n) is 14.9. The zero-order chi connectivity index (χ0) is 18.6. The predicted octanol–water partition coefficient (Wildman–Crippen LogP) is 3.57. The topological polar surface area (TPSA) is 74.6 Å². The first-order valence-electron chi connectivity index (χ1n) is 9.09. The Hall–Kier alpha value is -3.12. The number of hydrogen-bond acceptors (Lipinski definition) is 5. The van der Waals surface area contributed by atoms with Crippen LogP contribution in [0, 0.1) is 0 Å². The molecule has 6 nitrogen and oxygen atoms in total. The second-order valence-corrected chi connectivity index (χ2v) is 6.71. The van der Waals surface area contributed by atoms with Crippen LogP contribution >= 0.6 is 0 Å². The largest absolute Gasteiger partial charge is 0.423 e. The third-order valence-corrected chi connectivity index (χ3v) is 4.66. The lowest BCUT2D eigenvalue weighted by molar-refractivity contribution is -0.117. The van der Waals surface area contributed by atoms with Gasteiger partial charge in [-0.2, -0.15) is 0 Å². The smallest absolute Gasteiger partial charge is 0.338 e. The van der Waals surface area contributed by atoms with Gasteiger partial charge in [-0.3, -0.25) is 9.69 Å². The van der Waals surface area contributed by atoms with E-state index in [-0.39, 0.29) is 5.91 Å². The van der Waals surface area contributed by atoms with Crippen LogP contribution in [0.1, 0.15) is 12.8 Å². The van der Waals surface area contributed by atoms with Crippen LogP contribution in [-0.4, -0.2) is 30.4 Å². The Kier molecular flexibility index (Phi) is 4.89. The number of likely N-dealkylation sites (tertiary alicyclic amines) is 1. The molecule has 2 heterocycles. The van der Waals surface area contributed by atoms with Crippen molar-refractivity contribution < 1.29 is 9.21 Å². The highest BCUT2D eigenvalue weighted by atomic mass is 16.4. The van der Waals surface area contributed by atoms with Gasteiger partial charge in [-0.25, -0.2) is 4.79 Å². The molecule has 1 saturated heterocycles. The maximum absolute atomic E-state index is 12.1. The first-order chi connectivity index (χ1) is 13.2. The van der Waals surface area contributed by atoms with Crippen molar-refractivity contribution in [1.29, 1.82) is 0 Å². The lowest BCUT2D eigenvalue weighted by atomic mass is 10.2. The lowest BCUT2D eigenvalue weighted by Crippen LogP contribution is -2.30. The summed E-state index contributed by atoms with van der Waals surface area (Å²) in [5.74, 6) is 0.00395. The van der Waals surface area contributed by atoms with Gasteiger partial charge in [0.15, 0.2) is 0 Å². The highest BCUT2D eigenvalue weighted by Gasteiger charge is 2.15. The number of carbonyl (C=O) groups is 1. The van der Waals surface area contributed by atoms with E-state index in [0.717, 1.165) is 29.9 Å². The van der Waals surface area contributed by atoms with E-state index in [1.165, 1.54) is 18.9 Å². The monoisotopic (exact) mass is 363 g/mol. The van der Waals surface area contributed by atoms with Crippen LogP contribution < -0.4 is 16.3 Å². The average Bonchev–Trinajstić information content (AvgIpc) is 3.16. The number of benzene rings is 2. The maximum Gasteiger partial charge on any atom is 0.338 e. The second-order valence-electron chi connectivity index (χ2n) is 6.71. The summed E-state index contributed by atoms with van der Waals surface area (Å²) in [6.45, 7) is 2.43. The van der Waals surface area contributed by atoms with Crippen molar-refractivity contribution in [3.8, 4) is 0 Å². The molecular weight excluding hydrogens is 342 g/mol. The Balaban J connectivity index is 1.45. The van der Waals surface area contributed by atoms with Crippen molar-refractivity contribution in [3.05, 3.63) is 65.0 Å². The molecule has 2 N–H and O–H groups in total. The summed E-state index contributed by atoms with van der Waals surface area (Å²) in [6.07, 6.45) is 2.33. The van der Waals surface area contributed by atoms with Gasteiger partial charge < -0.3 is 15.1 Å². The molecule has 1 aliphatic rings. The molecule has 1 fully saturated rings. The summed E-state index contributed by atoms with van der Waals surface area (Å²) >= 11 is 0. The molecule has 6 heteroatoms. The summed E-state index contributed by atoms with van der Waals surface area (Å²) < 4.78 is 5.21. The van der Waals surface area contributed by atoms with E-state index in [2.05, 4.69) is 15.5 Å². The molecule has 1 aromatic heterocycles. The van der Waals surface area contributed by atoms with Crippen LogP contribution in [0.25, 0.3) is 11.0 Å². The van der Waals surface area contributed by atoms with E-state index in [1.54, 1.807) is 6.07 Å². The summed E-state index contributed by atoms with van der Waals surface area (Å²) in [7, 11) is 0. The van der Waals surface area contributed by atoms with Crippen molar-refractivity contribution in [2.24, 2.45) is 0 Å².